The van der Waals surface area contributed by atoms with E-state index in [4.69, 9.17) is 0 Å². The molecule has 0 rings (SSSR count). The molecule has 0 aromatic carbocycles. The van der Waals surface area contributed by atoms with Gasteiger partial charge in [-0.25, -0.2) is 0 Å². The van der Waals surface area contributed by atoms with Crippen LogP contribution in [-0.2, 0) is 0 Å². The number of halogens is 3. The topological polar surface area (TPSA) is 12.4 Å². The molecule has 70 valence electrons. The second kappa shape index (κ2) is 4.95. The molecular weight excluding hydrogens is 167 g/mol. The molecule has 0 aliphatic heterocycles. The SMILES string of the molecule is C=C(CCCC(F)(F)F)/N=C\C. The Morgan fingerprint density at radius 3 is 2.50 bits per heavy atom. The van der Waals surface area contributed by atoms with Gasteiger partial charge in [0.15, 0.2) is 0 Å². The quantitative estimate of drug-likeness (QED) is 0.587. The molecule has 0 amide bonds. The molecule has 0 atom stereocenters. The zero-order chi connectivity index (χ0) is 9.61. The van der Waals surface area contributed by atoms with Crippen molar-refractivity contribution < 1.29 is 13.2 Å². The van der Waals surface area contributed by atoms with Crippen molar-refractivity contribution in [3.05, 3.63) is 12.3 Å². The molecule has 0 saturated carbocycles. The molecule has 0 bridgehead atoms. The van der Waals surface area contributed by atoms with Crippen LogP contribution in [0.25, 0.3) is 0 Å². The van der Waals surface area contributed by atoms with E-state index < -0.39 is 12.6 Å². The van der Waals surface area contributed by atoms with E-state index >= 15 is 0 Å². The summed E-state index contributed by atoms with van der Waals surface area (Å²) in [7, 11) is 0. The molecule has 0 saturated heterocycles. The second-order valence-corrected chi connectivity index (χ2v) is 2.42. The zero-order valence-corrected chi connectivity index (χ0v) is 6.99. The third kappa shape index (κ3) is 7.31. The summed E-state index contributed by atoms with van der Waals surface area (Å²) in [6.07, 6.45) is -2.92. The first-order chi connectivity index (χ1) is 5.45. The lowest BCUT2D eigenvalue weighted by Gasteiger charge is -2.04. The smallest absolute Gasteiger partial charge is 0.267 e. The molecule has 0 heterocycles. The van der Waals surface area contributed by atoms with E-state index in [0.717, 1.165) is 0 Å². The Morgan fingerprint density at radius 1 is 1.50 bits per heavy atom. The Hall–Kier alpha value is -0.800. The van der Waals surface area contributed by atoms with Crippen molar-refractivity contribution in [2.75, 3.05) is 0 Å². The van der Waals surface area contributed by atoms with Gasteiger partial charge in [-0.3, -0.25) is 4.99 Å². The van der Waals surface area contributed by atoms with Crippen LogP contribution in [0.5, 0.6) is 0 Å². The van der Waals surface area contributed by atoms with Crippen LogP contribution in [0.15, 0.2) is 17.3 Å². The number of alkyl halides is 3. The Labute approximate surface area is 70.0 Å². The Kier molecular flexibility index (Phi) is 4.62. The molecule has 1 nitrogen and oxygen atoms in total. The molecule has 0 radical (unpaired) electrons. The predicted molar refractivity (Wildman–Crippen MR) is 43.2 cm³/mol. The highest BCUT2D eigenvalue weighted by molar-refractivity contribution is 5.54. The summed E-state index contributed by atoms with van der Waals surface area (Å²) in [6.45, 7) is 5.20. The van der Waals surface area contributed by atoms with E-state index in [2.05, 4.69) is 11.6 Å². The predicted octanol–water partition coefficient (Wildman–Crippen LogP) is 3.32. The molecule has 0 aromatic rings. The van der Waals surface area contributed by atoms with Gasteiger partial charge in [0.05, 0.1) is 0 Å². The van der Waals surface area contributed by atoms with Crippen LogP contribution < -0.4 is 0 Å². The van der Waals surface area contributed by atoms with Gasteiger partial charge in [-0.15, -0.1) is 0 Å². The monoisotopic (exact) mass is 179 g/mol. The van der Waals surface area contributed by atoms with E-state index in [1.807, 2.05) is 0 Å². The third-order valence-corrected chi connectivity index (χ3v) is 1.24. The molecule has 0 aliphatic rings. The molecule has 0 fully saturated rings. The fourth-order valence-electron chi connectivity index (χ4n) is 0.740. The first kappa shape index (κ1) is 11.2. The van der Waals surface area contributed by atoms with Crippen LogP contribution >= 0.6 is 0 Å². The Bertz CT molecular complexity index is 170. The molecule has 4 heteroatoms. The maximum atomic E-state index is 11.6. The van der Waals surface area contributed by atoms with Crippen molar-refractivity contribution in [2.45, 2.75) is 32.4 Å². The van der Waals surface area contributed by atoms with Gasteiger partial charge in [0.25, 0.3) is 0 Å². The summed E-state index contributed by atoms with van der Waals surface area (Å²) in [6, 6.07) is 0. The van der Waals surface area contributed by atoms with Gasteiger partial charge in [-0.2, -0.15) is 13.2 Å². The highest BCUT2D eigenvalue weighted by atomic mass is 19.4. The Morgan fingerprint density at radius 2 is 2.08 bits per heavy atom. The molecule has 0 aliphatic carbocycles. The lowest BCUT2D eigenvalue weighted by molar-refractivity contribution is -0.135. The van der Waals surface area contributed by atoms with E-state index in [1.165, 1.54) is 6.21 Å². The van der Waals surface area contributed by atoms with Crippen LogP contribution in [-0.4, -0.2) is 12.4 Å². The summed E-state index contributed by atoms with van der Waals surface area (Å²) in [4.78, 5) is 3.76. The minimum atomic E-state index is -4.06. The lowest BCUT2D eigenvalue weighted by atomic mass is 10.2. The van der Waals surface area contributed by atoms with Crippen molar-refractivity contribution in [1.82, 2.24) is 0 Å². The second-order valence-electron chi connectivity index (χ2n) is 2.42. The normalized spacial score (nSPS) is 12.3. The van der Waals surface area contributed by atoms with Crippen molar-refractivity contribution in [1.29, 1.82) is 0 Å². The summed E-state index contributed by atoms with van der Waals surface area (Å²) in [5.74, 6) is 0. The fraction of sp³-hybridized carbons (Fsp3) is 0.625. The first-order valence-corrected chi connectivity index (χ1v) is 3.69. The van der Waals surface area contributed by atoms with Gasteiger partial charge >= 0.3 is 6.18 Å². The van der Waals surface area contributed by atoms with Crippen LogP contribution in [0.2, 0.25) is 0 Å². The number of hydrogen-bond donors (Lipinski definition) is 0. The molecular formula is C8H12F3N. The van der Waals surface area contributed by atoms with E-state index in [9.17, 15) is 13.2 Å². The Balaban J connectivity index is 3.51. The number of aliphatic imine (C=N–C) groups is 1. The number of hydrogen-bond acceptors (Lipinski definition) is 1. The highest BCUT2D eigenvalue weighted by Gasteiger charge is 2.25. The molecule has 0 unspecified atom stereocenters. The average Bonchev–Trinajstić information content (AvgIpc) is 1.84. The van der Waals surface area contributed by atoms with Gasteiger partial charge in [-0.05, 0) is 19.8 Å². The van der Waals surface area contributed by atoms with Gasteiger partial charge < -0.3 is 0 Å². The van der Waals surface area contributed by atoms with Crippen molar-refractivity contribution >= 4 is 6.21 Å². The standard InChI is InChI=1S/C8H12F3N/c1-3-12-7(2)5-4-6-8(9,10)11/h3H,2,4-6H2,1H3/b12-3-. The van der Waals surface area contributed by atoms with Gasteiger partial charge in [0.1, 0.15) is 0 Å². The van der Waals surface area contributed by atoms with Crippen LogP contribution in [0.3, 0.4) is 0 Å². The lowest BCUT2D eigenvalue weighted by Crippen LogP contribution is -2.06. The maximum absolute atomic E-state index is 11.6. The molecule has 0 N–H and O–H groups in total. The van der Waals surface area contributed by atoms with Crippen LogP contribution in [0.1, 0.15) is 26.2 Å². The summed E-state index contributed by atoms with van der Waals surface area (Å²) < 4.78 is 34.9. The summed E-state index contributed by atoms with van der Waals surface area (Å²) >= 11 is 0. The van der Waals surface area contributed by atoms with Crippen molar-refractivity contribution in [2.24, 2.45) is 4.99 Å². The minimum absolute atomic E-state index is 0.0691. The number of rotatable bonds is 4. The van der Waals surface area contributed by atoms with Crippen molar-refractivity contribution in [3.8, 4) is 0 Å². The largest absolute Gasteiger partial charge is 0.389 e. The summed E-state index contributed by atoms with van der Waals surface area (Å²) in [5.41, 5.74) is 0.502. The zero-order valence-electron chi connectivity index (χ0n) is 6.99. The van der Waals surface area contributed by atoms with Crippen LogP contribution in [0.4, 0.5) is 13.2 Å². The van der Waals surface area contributed by atoms with E-state index in [1.54, 1.807) is 6.92 Å². The molecule has 0 spiro atoms. The number of allylic oxidation sites excluding steroid dienone is 1. The molecule has 12 heavy (non-hydrogen) atoms. The van der Waals surface area contributed by atoms with Gasteiger partial charge in [0, 0.05) is 18.3 Å². The van der Waals surface area contributed by atoms with Gasteiger partial charge in [-0.1, -0.05) is 6.58 Å². The third-order valence-electron chi connectivity index (χ3n) is 1.24. The minimum Gasteiger partial charge on any atom is -0.267 e. The highest BCUT2D eigenvalue weighted by Crippen LogP contribution is 2.23. The summed E-state index contributed by atoms with van der Waals surface area (Å²) in [5, 5.41) is 0. The maximum Gasteiger partial charge on any atom is 0.389 e. The van der Waals surface area contributed by atoms with Crippen molar-refractivity contribution in [3.63, 3.8) is 0 Å². The average molecular weight is 179 g/mol. The molecule has 0 aromatic heterocycles. The fourth-order valence-corrected chi connectivity index (χ4v) is 0.740. The van der Waals surface area contributed by atoms with Gasteiger partial charge in [0.2, 0.25) is 0 Å². The van der Waals surface area contributed by atoms with E-state index in [0.29, 0.717) is 12.1 Å². The van der Waals surface area contributed by atoms with Crippen LogP contribution in [0, 0.1) is 0 Å². The number of nitrogens with zero attached hydrogens (tertiary/aromatic N) is 1. The first-order valence-electron chi connectivity index (χ1n) is 3.69. The van der Waals surface area contributed by atoms with E-state index in [-0.39, 0.29) is 6.42 Å².